The summed E-state index contributed by atoms with van der Waals surface area (Å²) in [6.45, 7) is 1.07. The summed E-state index contributed by atoms with van der Waals surface area (Å²) in [5.74, 6) is 1.49. The van der Waals surface area contributed by atoms with E-state index in [1.807, 2.05) is 6.07 Å². The number of thiophene rings is 1. The molecule has 3 aromatic rings. The van der Waals surface area contributed by atoms with E-state index in [0.717, 1.165) is 22.7 Å². The molecular weight excluding hydrogens is 364 g/mol. The van der Waals surface area contributed by atoms with E-state index in [4.69, 9.17) is 0 Å². The molecule has 4 aliphatic rings. The highest BCUT2D eigenvalue weighted by Crippen LogP contribution is 2.51. The molecule has 142 valence electrons. The Morgan fingerprint density at radius 1 is 1.04 bits per heavy atom. The van der Waals surface area contributed by atoms with Crippen molar-refractivity contribution in [2.75, 3.05) is 6.54 Å². The summed E-state index contributed by atoms with van der Waals surface area (Å²) in [5, 5.41) is 8.24. The van der Waals surface area contributed by atoms with Crippen LogP contribution in [0.4, 0.5) is 0 Å². The Labute approximate surface area is 169 Å². The summed E-state index contributed by atoms with van der Waals surface area (Å²) >= 11 is 1.62. The molecule has 4 fully saturated rings. The first-order valence-corrected chi connectivity index (χ1v) is 11.2. The second-order valence-electron chi connectivity index (χ2n) is 8.66. The summed E-state index contributed by atoms with van der Waals surface area (Å²) in [4.78, 5) is 14.0. The minimum Gasteiger partial charge on any atom is -0.346 e. The van der Waals surface area contributed by atoms with Crippen molar-refractivity contribution in [3.05, 3.63) is 59.5 Å². The van der Waals surface area contributed by atoms with Gasteiger partial charge in [0, 0.05) is 11.2 Å². The van der Waals surface area contributed by atoms with Crippen LogP contribution in [0.1, 0.15) is 35.4 Å². The molecule has 3 saturated carbocycles. The van der Waals surface area contributed by atoms with Crippen LogP contribution >= 0.6 is 11.3 Å². The third kappa shape index (κ3) is 2.48. The van der Waals surface area contributed by atoms with Crippen LogP contribution < -0.4 is 10.6 Å². The first kappa shape index (κ1) is 16.8. The first-order valence-electron chi connectivity index (χ1n) is 10.4. The van der Waals surface area contributed by atoms with Crippen LogP contribution in [0.5, 0.6) is 0 Å². The highest BCUT2D eigenvalue weighted by molar-refractivity contribution is 7.21. The lowest BCUT2D eigenvalue weighted by Crippen LogP contribution is -2.60. The average Bonchev–Trinajstić information content (AvgIpc) is 3.39. The number of carbonyl (C=O) groups is 1. The predicted octanol–water partition coefficient (Wildman–Crippen LogP) is 4.83. The van der Waals surface area contributed by atoms with Crippen molar-refractivity contribution in [3.8, 4) is 11.1 Å². The van der Waals surface area contributed by atoms with Gasteiger partial charge in [0.15, 0.2) is 0 Å². The van der Waals surface area contributed by atoms with Crippen LogP contribution in [-0.4, -0.2) is 24.0 Å². The third-order valence-electron chi connectivity index (χ3n) is 7.25. The molecule has 7 rings (SSSR count). The zero-order valence-corrected chi connectivity index (χ0v) is 16.6. The van der Waals surface area contributed by atoms with Crippen molar-refractivity contribution in [1.82, 2.24) is 10.6 Å². The van der Waals surface area contributed by atoms with Crippen LogP contribution in [0.2, 0.25) is 0 Å². The molecule has 1 aromatic heterocycles. The fourth-order valence-electron chi connectivity index (χ4n) is 5.73. The van der Waals surface area contributed by atoms with Gasteiger partial charge in [0.1, 0.15) is 0 Å². The summed E-state index contributed by atoms with van der Waals surface area (Å²) in [5.41, 5.74) is 2.61. The molecule has 2 N–H and O–H groups in total. The summed E-state index contributed by atoms with van der Waals surface area (Å²) < 4.78 is 1.20. The molecule has 1 saturated heterocycles. The lowest BCUT2D eigenvalue weighted by Gasteiger charge is -2.48. The molecule has 0 unspecified atom stereocenters. The fourth-order valence-corrected chi connectivity index (χ4v) is 6.83. The lowest BCUT2D eigenvalue weighted by atomic mass is 9.61. The second-order valence-corrected chi connectivity index (χ2v) is 9.71. The van der Waals surface area contributed by atoms with Gasteiger partial charge in [-0.3, -0.25) is 4.79 Å². The second kappa shape index (κ2) is 6.16. The molecule has 3 aliphatic carbocycles. The van der Waals surface area contributed by atoms with Gasteiger partial charge in [0.2, 0.25) is 0 Å². The maximum Gasteiger partial charge on any atom is 0.261 e. The smallest absolute Gasteiger partial charge is 0.261 e. The monoisotopic (exact) mass is 388 g/mol. The van der Waals surface area contributed by atoms with Crippen molar-refractivity contribution in [1.29, 1.82) is 0 Å². The lowest BCUT2D eigenvalue weighted by molar-refractivity contribution is 0.0637. The SMILES string of the molecule is O=C(N[C@@H]1C2CCC(CC2)[C@@]12CN2)c1cc2cccc(-c3ccccc3)c2s1. The molecule has 4 heteroatoms. The normalized spacial score (nSPS) is 30.6. The van der Waals surface area contributed by atoms with Gasteiger partial charge in [0.25, 0.3) is 5.91 Å². The van der Waals surface area contributed by atoms with Gasteiger partial charge in [-0.25, -0.2) is 0 Å². The van der Waals surface area contributed by atoms with Gasteiger partial charge in [-0.05, 0) is 60.1 Å². The van der Waals surface area contributed by atoms with E-state index in [1.54, 1.807) is 11.3 Å². The Morgan fingerprint density at radius 3 is 2.57 bits per heavy atom. The molecule has 1 aliphatic heterocycles. The molecular formula is C24H24N2OS. The van der Waals surface area contributed by atoms with E-state index in [1.165, 1.54) is 41.5 Å². The Morgan fingerprint density at radius 2 is 1.82 bits per heavy atom. The van der Waals surface area contributed by atoms with Crippen LogP contribution in [0, 0.1) is 11.8 Å². The molecule has 1 spiro atoms. The largest absolute Gasteiger partial charge is 0.346 e. The van der Waals surface area contributed by atoms with E-state index >= 15 is 0 Å². The van der Waals surface area contributed by atoms with Crippen molar-refractivity contribution in [2.24, 2.45) is 11.8 Å². The zero-order valence-electron chi connectivity index (χ0n) is 15.8. The maximum absolute atomic E-state index is 13.2. The number of rotatable bonds is 3. The van der Waals surface area contributed by atoms with Crippen molar-refractivity contribution >= 4 is 27.3 Å². The molecule has 28 heavy (non-hydrogen) atoms. The van der Waals surface area contributed by atoms with Crippen LogP contribution in [0.15, 0.2) is 54.6 Å². The Hall–Kier alpha value is -2.17. The molecule has 2 heterocycles. The number of carbonyl (C=O) groups excluding carboxylic acids is 1. The van der Waals surface area contributed by atoms with Crippen molar-refractivity contribution in [3.63, 3.8) is 0 Å². The average molecular weight is 389 g/mol. The van der Waals surface area contributed by atoms with E-state index in [2.05, 4.69) is 59.2 Å². The number of amides is 1. The van der Waals surface area contributed by atoms with Gasteiger partial charge >= 0.3 is 0 Å². The third-order valence-corrected chi connectivity index (χ3v) is 8.43. The first-order chi connectivity index (χ1) is 13.7. The quantitative estimate of drug-likeness (QED) is 0.632. The summed E-state index contributed by atoms with van der Waals surface area (Å²) in [7, 11) is 0. The molecule has 2 aromatic carbocycles. The predicted molar refractivity (Wildman–Crippen MR) is 115 cm³/mol. The minimum atomic E-state index is 0.103. The summed E-state index contributed by atoms with van der Waals surface area (Å²) in [6, 6.07) is 19.2. The molecule has 2 bridgehead atoms. The molecule has 1 amide bonds. The highest BCUT2D eigenvalue weighted by Gasteiger charge is 2.61. The number of benzene rings is 2. The maximum atomic E-state index is 13.2. The van der Waals surface area contributed by atoms with Gasteiger partial charge in [-0.1, -0.05) is 48.5 Å². The molecule has 0 radical (unpaired) electrons. The van der Waals surface area contributed by atoms with Crippen LogP contribution in [-0.2, 0) is 0 Å². The van der Waals surface area contributed by atoms with E-state index in [0.29, 0.717) is 12.0 Å². The van der Waals surface area contributed by atoms with Crippen molar-refractivity contribution in [2.45, 2.75) is 37.3 Å². The van der Waals surface area contributed by atoms with Crippen LogP contribution in [0.25, 0.3) is 21.2 Å². The Kier molecular flexibility index (Phi) is 3.69. The van der Waals surface area contributed by atoms with E-state index < -0.39 is 0 Å². The van der Waals surface area contributed by atoms with Crippen molar-refractivity contribution < 1.29 is 4.79 Å². The number of hydrogen-bond donors (Lipinski definition) is 2. The number of hydrogen-bond acceptors (Lipinski definition) is 3. The Balaban J connectivity index is 1.32. The fraction of sp³-hybridized carbons (Fsp3) is 0.375. The van der Waals surface area contributed by atoms with E-state index in [-0.39, 0.29) is 11.4 Å². The van der Waals surface area contributed by atoms with E-state index in [9.17, 15) is 4.79 Å². The topological polar surface area (TPSA) is 51.0 Å². The number of fused-ring (bicyclic) bond motifs is 3. The molecule has 3 nitrogen and oxygen atoms in total. The zero-order chi connectivity index (χ0) is 18.7. The standard InChI is InChI=1S/C24H24N2OS/c27-23(26-22-16-9-11-18(12-10-16)24(22)14-25-24)20-13-17-7-4-8-19(21(17)28-20)15-5-2-1-3-6-15/h1-8,13,16,18,22,25H,9-12,14H2,(H,26,27)/t16?,18?,22-,24+/m1/s1. The summed E-state index contributed by atoms with van der Waals surface area (Å²) in [6.07, 6.45) is 5.19. The minimum absolute atomic E-state index is 0.103. The number of nitrogens with one attached hydrogen (secondary N) is 2. The van der Waals surface area contributed by atoms with Gasteiger partial charge in [-0.2, -0.15) is 0 Å². The molecule has 2 atom stereocenters. The Bertz CT molecular complexity index is 1040. The van der Waals surface area contributed by atoms with Gasteiger partial charge < -0.3 is 10.6 Å². The highest BCUT2D eigenvalue weighted by atomic mass is 32.1. The van der Waals surface area contributed by atoms with Gasteiger partial charge in [-0.15, -0.1) is 11.3 Å². The van der Waals surface area contributed by atoms with Crippen LogP contribution in [0.3, 0.4) is 0 Å². The van der Waals surface area contributed by atoms with Gasteiger partial charge in [0.05, 0.1) is 16.5 Å².